The molecule has 32 heavy (non-hydrogen) atoms. The Morgan fingerprint density at radius 2 is 2.00 bits per heavy atom. The van der Waals surface area contributed by atoms with E-state index in [0.717, 1.165) is 16.8 Å². The molecule has 3 aromatic heterocycles. The van der Waals surface area contributed by atoms with Gasteiger partial charge >= 0.3 is 0 Å². The van der Waals surface area contributed by atoms with E-state index in [2.05, 4.69) is 25.7 Å². The van der Waals surface area contributed by atoms with Crippen molar-refractivity contribution in [1.29, 1.82) is 0 Å². The monoisotopic (exact) mass is 425 g/mol. The number of nitrogens with zero attached hydrogens (tertiary/aromatic N) is 4. The molecule has 8 heteroatoms. The molecule has 1 aromatic carbocycles. The fourth-order valence-corrected chi connectivity index (χ4v) is 3.35. The van der Waals surface area contributed by atoms with Crippen molar-refractivity contribution >= 4 is 40.4 Å². The van der Waals surface area contributed by atoms with Crippen LogP contribution in [-0.4, -0.2) is 33.8 Å². The minimum atomic E-state index is -0.273. The lowest BCUT2D eigenvalue weighted by molar-refractivity contribution is 0.102. The zero-order valence-corrected chi connectivity index (χ0v) is 17.8. The minimum Gasteiger partial charge on any atom is -0.404 e. The van der Waals surface area contributed by atoms with Crippen LogP contribution in [0.15, 0.2) is 78.3 Å². The van der Waals surface area contributed by atoms with Crippen LogP contribution < -0.4 is 16.4 Å². The van der Waals surface area contributed by atoms with E-state index < -0.39 is 0 Å². The van der Waals surface area contributed by atoms with Crippen LogP contribution >= 0.6 is 0 Å². The number of aryl methyl sites for hydroxylation is 1. The van der Waals surface area contributed by atoms with Gasteiger partial charge in [0.25, 0.3) is 5.91 Å². The van der Waals surface area contributed by atoms with E-state index in [1.54, 1.807) is 54.6 Å². The van der Waals surface area contributed by atoms with Gasteiger partial charge in [-0.05, 0) is 42.8 Å². The topological polar surface area (TPSA) is 110 Å². The number of carbonyl (C=O) groups is 1. The standard InChI is InChI=1S/C24H23N7O/c1-16-6-3-4-8-20(16)29-23-21(12-17(15-27-23)18(13-25)14-26-2)30-24(32)19-7-5-11-31-22(19)9-10-28-31/h3-15H,25H2,1-2H3,(H,27,29)(H,30,32)/b18-13+,26-14?. The van der Waals surface area contributed by atoms with Gasteiger partial charge in [-0.2, -0.15) is 5.10 Å². The molecule has 0 aliphatic rings. The van der Waals surface area contributed by atoms with E-state index in [1.165, 1.54) is 6.20 Å². The molecule has 0 radical (unpaired) electrons. The first-order valence-electron chi connectivity index (χ1n) is 10.0. The molecule has 0 unspecified atom stereocenters. The van der Waals surface area contributed by atoms with Crippen molar-refractivity contribution in [2.45, 2.75) is 6.92 Å². The maximum Gasteiger partial charge on any atom is 0.257 e. The number of anilines is 3. The van der Waals surface area contributed by atoms with Gasteiger partial charge in [-0.3, -0.25) is 9.79 Å². The van der Waals surface area contributed by atoms with Crippen LogP contribution in [0.5, 0.6) is 0 Å². The number of aliphatic imine (C=N–C) groups is 1. The maximum atomic E-state index is 13.2. The Hall–Kier alpha value is -4.46. The molecule has 4 rings (SSSR count). The van der Waals surface area contributed by atoms with Gasteiger partial charge in [0.15, 0.2) is 5.82 Å². The summed E-state index contributed by atoms with van der Waals surface area (Å²) in [5.74, 6) is 0.243. The number of aromatic nitrogens is 3. The molecule has 160 valence electrons. The van der Waals surface area contributed by atoms with E-state index >= 15 is 0 Å². The number of fused-ring (bicyclic) bond motifs is 1. The van der Waals surface area contributed by atoms with Crippen LogP contribution in [0.1, 0.15) is 21.5 Å². The van der Waals surface area contributed by atoms with Crippen LogP contribution in [0.3, 0.4) is 0 Å². The summed E-state index contributed by atoms with van der Waals surface area (Å²) in [5, 5.41) is 10.5. The summed E-state index contributed by atoms with van der Waals surface area (Å²) >= 11 is 0. The normalized spacial score (nSPS) is 11.8. The molecule has 0 atom stereocenters. The fraction of sp³-hybridized carbons (Fsp3) is 0.0833. The van der Waals surface area contributed by atoms with Crippen LogP contribution in [0.2, 0.25) is 0 Å². The maximum absolute atomic E-state index is 13.2. The van der Waals surface area contributed by atoms with Crippen molar-refractivity contribution in [2.24, 2.45) is 10.7 Å². The Labute approximate surface area is 185 Å². The number of nitrogens with one attached hydrogen (secondary N) is 2. The van der Waals surface area contributed by atoms with Crippen LogP contribution in [0.4, 0.5) is 17.2 Å². The quantitative estimate of drug-likeness (QED) is 0.404. The molecule has 4 aromatic rings. The second-order valence-electron chi connectivity index (χ2n) is 7.11. The number of allylic oxidation sites excluding steroid dienone is 1. The van der Waals surface area contributed by atoms with E-state index in [9.17, 15) is 4.79 Å². The summed E-state index contributed by atoms with van der Waals surface area (Å²) in [6.45, 7) is 2.00. The van der Waals surface area contributed by atoms with Gasteiger partial charge in [-0.1, -0.05) is 18.2 Å². The zero-order chi connectivity index (χ0) is 22.5. The fourth-order valence-electron chi connectivity index (χ4n) is 3.35. The highest BCUT2D eigenvalue weighted by atomic mass is 16.1. The molecule has 0 bridgehead atoms. The molecule has 4 N–H and O–H groups in total. The summed E-state index contributed by atoms with van der Waals surface area (Å²) in [6.07, 6.45) is 8.24. The summed E-state index contributed by atoms with van der Waals surface area (Å²) in [4.78, 5) is 21.8. The molecule has 0 fully saturated rings. The highest BCUT2D eigenvalue weighted by Gasteiger charge is 2.16. The predicted molar refractivity (Wildman–Crippen MR) is 128 cm³/mol. The second kappa shape index (κ2) is 9.13. The highest BCUT2D eigenvalue weighted by Crippen LogP contribution is 2.28. The van der Waals surface area contributed by atoms with Crippen molar-refractivity contribution in [3.63, 3.8) is 0 Å². The number of amides is 1. The van der Waals surface area contributed by atoms with E-state index in [-0.39, 0.29) is 5.91 Å². The lowest BCUT2D eigenvalue weighted by Gasteiger charge is -2.15. The number of pyridine rings is 2. The average molecular weight is 425 g/mol. The summed E-state index contributed by atoms with van der Waals surface area (Å²) in [7, 11) is 1.67. The van der Waals surface area contributed by atoms with Gasteiger partial charge in [-0.25, -0.2) is 9.50 Å². The molecular formula is C24H23N7O. The number of hydrogen-bond acceptors (Lipinski definition) is 6. The van der Waals surface area contributed by atoms with Gasteiger partial charge in [0.1, 0.15) is 0 Å². The summed E-state index contributed by atoms with van der Waals surface area (Å²) in [5.41, 5.74) is 10.9. The molecule has 8 nitrogen and oxygen atoms in total. The number of nitrogens with two attached hydrogens (primary N) is 1. The average Bonchev–Trinajstić information content (AvgIpc) is 3.29. The largest absolute Gasteiger partial charge is 0.404 e. The molecule has 0 aliphatic heterocycles. The number of para-hydroxylation sites is 1. The summed E-state index contributed by atoms with van der Waals surface area (Å²) < 4.78 is 1.66. The molecule has 0 saturated carbocycles. The third-order valence-corrected chi connectivity index (χ3v) is 5.00. The first kappa shape index (κ1) is 20.8. The third kappa shape index (κ3) is 4.20. The molecule has 0 saturated heterocycles. The second-order valence-corrected chi connectivity index (χ2v) is 7.11. The van der Waals surface area contributed by atoms with Gasteiger partial charge in [0.2, 0.25) is 0 Å². The number of rotatable bonds is 6. The van der Waals surface area contributed by atoms with Crippen LogP contribution in [0.25, 0.3) is 11.1 Å². The lowest BCUT2D eigenvalue weighted by atomic mass is 10.1. The Kier molecular flexibility index (Phi) is 5.94. The summed E-state index contributed by atoms with van der Waals surface area (Å²) in [6, 6.07) is 15.0. The SMILES string of the molecule is CN=C/C(=C\N)c1cnc(Nc2ccccc2C)c(NC(=O)c2cccn3nccc23)c1. The molecule has 0 spiro atoms. The van der Waals surface area contributed by atoms with Crippen molar-refractivity contribution < 1.29 is 4.79 Å². The Bertz CT molecular complexity index is 1340. The van der Waals surface area contributed by atoms with Gasteiger partial charge in [-0.15, -0.1) is 0 Å². The first-order chi connectivity index (χ1) is 15.6. The van der Waals surface area contributed by atoms with Gasteiger partial charge < -0.3 is 16.4 Å². The van der Waals surface area contributed by atoms with Crippen molar-refractivity contribution in [3.8, 4) is 0 Å². The zero-order valence-electron chi connectivity index (χ0n) is 17.8. The highest BCUT2D eigenvalue weighted by molar-refractivity contribution is 6.12. The lowest BCUT2D eigenvalue weighted by Crippen LogP contribution is -2.15. The van der Waals surface area contributed by atoms with E-state index in [1.807, 2.05) is 37.3 Å². The Morgan fingerprint density at radius 1 is 1.16 bits per heavy atom. The molecule has 3 heterocycles. The van der Waals surface area contributed by atoms with Gasteiger partial charge in [0, 0.05) is 48.7 Å². The van der Waals surface area contributed by atoms with E-state index in [0.29, 0.717) is 28.2 Å². The number of benzene rings is 1. The molecule has 1 amide bonds. The van der Waals surface area contributed by atoms with E-state index in [4.69, 9.17) is 5.73 Å². The number of carbonyl (C=O) groups excluding carboxylic acids is 1. The van der Waals surface area contributed by atoms with Crippen LogP contribution in [-0.2, 0) is 0 Å². The predicted octanol–water partition coefficient (Wildman–Crippen LogP) is 4.03. The van der Waals surface area contributed by atoms with Gasteiger partial charge in [0.05, 0.1) is 23.0 Å². The van der Waals surface area contributed by atoms with Crippen LogP contribution in [0, 0.1) is 6.92 Å². The molecular weight excluding hydrogens is 402 g/mol. The Balaban J connectivity index is 1.75. The van der Waals surface area contributed by atoms with Crippen molar-refractivity contribution in [3.05, 3.63) is 90.0 Å². The van der Waals surface area contributed by atoms with Crippen molar-refractivity contribution in [1.82, 2.24) is 14.6 Å². The van der Waals surface area contributed by atoms with Crippen molar-refractivity contribution in [2.75, 3.05) is 17.7 Å². The first-order valence-corrected chi connectivity index (χ1v) is 10.0. The third-order valence-electron chi connectivity index (χ3n) is 5.00. The smallest absolute Gasteiger partial charge is 0.257 e. The molecule has 0 aliphatic carbocycles. The Morgan fingerprint density at radius 3 is 2.78 bits per heavy atom. The number of hydrogen-bond donors (Lipinski definition) is 3. The minimum absolute atomic E-state index is 0.273.